The lowest BCUT2D eigenvalue weighted by atomic mass is 9.94. The van der Waals surface area contributed by atoms with Gasteiger partial charge in [0, 0.05) is 18.8 Å². The number of hydrogen-bond donors (Lipinski definition) is 2. The molecule has 0 spiro atoms. The average Bonchev–Trinajstić information content (AvgIpc) is 3.37. The number of rotatable bonds is 6. The number of anilines is 1. The third-order valence-corrected chi connectivity index (χ3v) is 5.60. The van der Waals surface area contributed by atoms with Crippen LogP contribution >= 0.6 is 0 Å². The van der Waals surface area contributed by atoms with Gasteiger partial charge in [-0.15, -0.1) is 0 Å². The number of imidazole rings is 1. The lowest BCUT2D eigenvalue weighted by Gasteiger charge is -2.24. The number of nitrogens with one attached hydrogen (secondary N) is 1. The van der Waals surface area contributed by atoms with E-state index in [0.29, 0.717) is 17.5 Å². The van der Waals surface area contributed by atoms with Crippen molar-refractivity contribution >= 4 is 28.7 Å². The number of aryl methyl sites for hydroxylation is 1. The highest BCUT2D eigenvalue weighted by Crippen LogP contribution is 2.40. The van der Waals surface area contributed by atoms with E-state index in [2.05, 4.69) is 15.0 Å². The van der Waals surface area contributed by atoms with Crippen LogP contribution in [0.25, 0.3) is 11.0 Å². The molecule has 5 rings (SSSR count). The average molecular weight is 424 g/mol. The van der Waals surface area contributed by atoms with Crippen molar-refractivity contribution in [2.45, 2.75) is 18.9 Å². The molecule has 7 heteroatoms. The van der Waals surface area contributed by atoms with Crippen molar-refractivity contribution in [2.24, 2.45) is 0 Å². The number of Topliss-reactive ketones (excluding diaryl/α,β-unsaturated/α-hetero) is 1. The van der Waals surface area contributed by atoms with Gasteiger partial charge < -0.3 is 10.1 Å². The minimum Gasteiger partial charge on any atom is -0.503 e. The van der Waals surface area contributed by atoms with Crippen LogP contribution in [0.5, 0.6) is 0 Å². The molecule has 1 atom stereocenters. The lowest BCUT2D eigenvalue weighted by Crippen LogP contribution is -2.32. The quantitative estimate of drug-likeness (QED) is 0.486. The molecule has 0 fully saturated rings. The molecule has 7 nitrogen and oxygen atoms in total. The van der Waals surface area contributed by atoms with E-state index < -0.39 is 17.7 Å². The Kier molecular flexibility index (Phi) is 4.99. The van der Waals surface area contributed by atoms with E-state index in [0.717, 1.165) is 11.1 Å². The van der Waals surface area contributed by atoms with Gasteiger partial charge in [0.1, 0.15) is 0 Å². The van der Waals surface area contributed by atoms with E-state index >= 15 is 0 Å². The molecule has 0 saturated carbocycles. The number of benzene rings is 2. The SMILES string of the molecule is O=C(CCc1ccccc1)C1=C(O)C(=O)N(c2nc3ccccc3[nH]2)C1c1cccnc1. The number of ketones is 1. The third-order valence-electron chi connectivity index (χ3n) is 5.60. The highest BCUT2D eigenvalue weighted by Gasteiger charge is 2.45. The first-order valence-electron chi connectivity index (χ1n) is 10.3. The van der Waals surface area contributed by atoms with Crippen molar-refractivity contribution in [3.63, 3.8) is 0 Å². The maximum absolute atomic E-state index is 13.3. The minimum atomic E-state index is -0.819. The van der Waals surface area contributed by atoms with Gasteiger partial charge >= 0.3 is 0 Å². The van der Waals surface area contributed by atoms with Crippen molar-refractivity contribution in [1.29, 1.82) is 0 Å². The Morgan fingerprint density at radius 2 is 1.81 bits per heavy atom. The summed E-state index contributed by atoms with van der Waals surface area (Å²) in [5, 5.41) is 10.8. The second-order valence-corrected chi connectivity index (χ2v) is 7.61. The zero-order valence-electron chi connectivity index (χ0n) is 17.1. The number of aromatic amines is 1. The van der Waals surface area contributed by atoms with Crippen molar-refractivity contribution in [2.75, 3.05) is 4.90 Å². The van der Waals surface area contributed by atoms with E-state index in [1.165, 1.54) is 4.90 Å². The number of amides is 1. The van der Waals surface area contributed by atoms with Gasteiger partial charge in [-0.05, 0) is 35.7 Å². The molecule has 0 saturated heterocycles. The summed E-state index contributed by atoms with van der Waals surface area (Å²) < 4.78 is 0. The zero-order chi connectivity index (χ0) is 22.1. The Balaban J connectivity index is 1.54. The predicted molar refractivity (Wildman–Crippen MR) is 120 cm³/mol. The molecule has 2 N–H and O–H groups in total. The highest BCUT2D eigenvalue weighted by molar-refractivity contribution is 6.16. The number of aliphatic hydroxyl groups excluding tert-OH is 1. The first kappa shape index (κ1) is 19.7. The van der Waals surface area contributed by atoms with Crippen molar-refractivity contribution in [3.8, 4) is 0 Å². The summed E-state index contributed by atoms with van der Waals surface area (Å²) in [5.74, 6) is -1.23. The van der Waals surface area contributed by atoms with Gasteiger partial charge in [-0.3, -0.25) is 19.5 Å². The Morgan fingerprint density at radius 3 is 2.56 bits per heavy atom. The standard InChI is InChI=1S/C25H20N4O3/c30-20(13-12-16-7-2-1-3-8-16)21-22(17-9-6-14-26-15-17)29(24(32)23(21)31)25-27-18-10-4-5-11-19(18)28-25/h1-11,14-15,22,31H,12-13H2,(H,27,28). The number of carbonyl (C=O) groups excluding carboxylic acids is 2. The van der Waals surface area contributed by atoms with Crippen molar-refractivity contribution in [3.05, 3.63) is 102 Å². The Hall–Kier alpha value is -4.26. The monoisotopic (exact) mass is 424 g/mol. The number of para-hydroxylation sites is 2. The molecule has 1 amide bonds. The fraction of sp³-hybridized carbons (Fsp3) is 0.120. The van der Waals surface area contributed by atoms with Crippen molar-refractivity contribution < 1.29 is 14.7 Å². The molecule has 0 aliphatic carbocycles. The van der Waals surface area contributed by atoms with Crippen LogP contribution in [0.2, 0.25) is 0 Å². The smallest absolute Gasteiger partial charge is 0.296 e. The summed E-state index contributed by atoms with van der Waals surface area (Å²) in [6.07, 6.45) is 3.89. The number of hydrogen-bond acceptors (Lipinski definition) is 5. The number of aliphatic hydroxyl groups is 1. The van der Waals surface area contributed by atoms with Crippen molar-refractivity contribution in [1.82, 2.24) is 15.0 Å². The summed E-state index contributed by atoms with van der Waals surface area (Å²) in [5.41, 5.74) is 3.14. The van der Waals surface area contributed by atoms with Crippen LogP contribution in [0.15, 0.2) is 90.5 Å². The van der Waals surface area contributed by atoms with Gasteiger partial charge in [-0.1, -0.05) is 48.5 Å². The van der Waals surface area contributed by atoms with Gasteiger partial charge in [-0.2, -0.15) is 0 Å². The maximum atomic E-state index is 13.3. The molecular weight excluding hydrogens is 404 g/mol. The summed E-state index contributed by atoms with van der Waals surface area (Å²) in [6, 6.07) is 19.7. The van der Waals surface area contributed by atoms with E-state index in [9.17, 15) is 14.7 Å². The molecule has 158 valence electrons. The Morgan fingerprint density at radius 1 is 1.03 bits per heavy atom. The molecule has 3 heterocycles. The number of H-pyrrole nitrogens is 1. The number of carbonyl (C=O) groups is 2. The summed E-state index contributed by atoms with van der Waals surface area (Å²) in [4.78, 5) is 39.5. The minimum absolute atomic E-state index is 0.0689. The number of aromatic nitrogens is 3. The molecule has 1 aliphatic rings. The number of fused-ring (bicyclic) bond motifs is 1. The summed E-state index contributed by atoms with van der Waals surface area (Å²) in [6.45, 7) is 0. The van der Waals surface area contributed by atoms with Gasteiger partial charge in [0.15, 0.2) is 11.5 Å². The second kappa shape index (κ2) is 8.11. The van der Waals surface area contributed by atoms with Gasteiger partial charge in [-0.25, -0.2) is 4.98 Å². The molecule has 32 heavy (non-hydrogen) atoms. The molecular formula is C25H20N4O3. The van der Waals surface area contributed by atoms with E-state index in [-0.39, 0.29) is 23.7 Å². The summed E-state index contributed by atoms with van der Waals surface area (Å²) in [7, 11) is 0. The third kappa shape index (κ3) is 3.43. The molecule has 2 aromatic carbocycles. The first-order chi connectivity index (χ1) is 15.6. The topological polar surface area (TPSA) is 99.2 Å². The number of nitrogens with zero attached hydrogens (tertiary/aromatic N) is 3. The molecule has 0 radical (unpaired) electrons. The molecule has 1 unspecified atom stereocenters. The van der Waals surface area contributed by atoms with Gasteiger partial charge in [0.05, 0.1) is 22.6 Å². The van der Waals surface area contributed by atoms with Crippen LogP contribution in [-0.4, -0.2) is 31.7 Å². The van der Waals surface area contributed by atoms with Crippen LogP contribution in [0, 0.1) is 0 Å². The fourth-order valence-electron chi connectivity index (χ4n) is 4.05. The van der Waals surface area contributed by atoms with E-state index in [1.54, 1.807) is 24.5 Å². The van der Waals surface area contributed by atoms with Gasteiger partial charge in [0.25, 0.3) is 5.91 Å². The van der Waals surface area contributed by atoms with E-state index in [1.807, 2.05) is 54.6 Å². The van der Waals surface area contributed by atoms with Crippen LogP contribution < -0.4 is 4.90 Å². The molecule has 0 bridgehead atoms. The van der Waals surface area contributed by atoms with Crippen LogP contribution in [0.1, 0.15) is 23.6 Å². The predicted octanol–water partition coefficient (Wildman–Crippen LogP) is 4.06. The molecule has 1 aliphatic heterocycles. The largest absolute Gasteiger partial charge is 0.503 e. The Bertz CT molecular complexity index is 1300. The molecule has 4 aromatic rings. The van der Waals surface area contributed by atoms with Crippen LogP contribution in [0.4, 0.5) is 5.95 Å². The second-order valence-electron chi connectivity index (χ2n) is 7.61. The summed E-state index contributed by atoms with van der Waals surface area (Å²) >= 11 is 0. The fourth-order valence-corrected chi connectivity index (χ4v) is 4.05. The zero-order valence-corrected chi connectivity index (χ0v) is 17.1. The lowest BCUT2D eigenvalue weighted by molar-refractivity contribution is -0.118. The van der Waals surface area contributed by atoms with E-state index in [4.69, 9.17) is 0 Å². The first-order valence-corrected chi connectivity index (χ1v) is 10.3. The normalized spacial score (nSPS) is 16.2. The maximum Gasteiger partial charge on any atom is 0.296 e. The van der Waals surface area contributed by atoms with Gasteiger partial charge in [0.2, 0.25) is 5.95 Å². The Labute approximate surface area is 184 Å². The highest BCUT2D eigenvalue weighted by atomic mass is 16.3. The molecule has 2 aromatic heterocycles. The number of pyridine rings is 1. The van der Waals surface area contributed by atoms with Crippen LogP contribution in [0.3, 0.4) is 0 Å². The van der Waals surface area contributed by atoms with Crippen LogP contribution in [-0.2, 0) is 16.0 Å².